The molecule has 8 nitrogen and oxygen atoms in total. The lowest BCUT2D eigenvalue weighted by Crippen LogP contribution is -2.43. The van der Waals surface area contributed by atoms with Crippen LogP contribution in [0.25, 0.3) is 10.6 Å². The average Bonchev–Trinajstić information content (AvgIpc) is 3.71. The monoisotopic (exact) mass is 562 g/mol. The normalized spacial score (nSPS) is 19.5. The third kappa shape index (κ3) is 6.48. The Bertz CT molecular complexity index is 1310. The summed E-state index contributed by atoms with van der Waals surface area (Å²) in [5.74, 6) is 2.22. The van der Waals surface area contributed by atoms with Crippen molar-refractivity contribution in [2.45, 2.75) is 72.4 Å². The van der Waals surface area contributed by atoms with E-state index in [4.69, 9.17) is 19.6 Å². The molecule has 2 aliphatic heterocycles. The van der Waals surface area contributed by atoms with E-state index in [0.29, 0.717) is 12.6 Å². The Hall–Kier alpha value is -3.01. The van der Waals surface area contributed by atoms with Crippen molar-refractivity contribution in [3.63, 3.8) is 0 Å². The summed E-state index contributed by atoms with van der Waals surface area (Å²) < 4.78 is 5.94. The van der Waals surface area contributed by atoms with E-state index in [1.165, 1.54) is 25.9 Å². The van der Waals surface area contributed by atoms with Gasteiger partial charge in [-0.1, -0.05) is 34.1 Å². The number of unbranched alkanes of at least 4 members (excludes halogenated alkanes) is 1. The molecule has 1 unspecified atom stereocenters. The van der Waals surface area contributed by atoms with Crippen molar-refractivity contribution in [3.05, 3.63) is 53.0 Å². The maximum Gasteiger partial charge on any atom is 0.227 e. The number of thiophene rings is 1. The molecule has 2 N–H and O–H groups in total. The molecule has 0 saturated carbocycles. The molecule has 0 radical (unpaired) electrons. The second-order valence-corrected chi connectivity index (χ2v) is 12.8. The van der Waals surface area contributed by atoms with Crippen LogP contribution < -0.4 is 15.5 Å². The molecule has 0 aliphatic carbocycles. The first-order valence-electron chi connectivity index (χ1n) is 14.5. The molecule has 5 rings (SSSR count). The van der Waals surface area contributed by atoms with Crippen LogP contribution in [0.1, 0.15) is 70.2 Å². The summed E-state index contributed by atoms with van der Waals surface area (Å²) in [5, 5.41) is 3.34. The number of rotatable bonds is 11. The SMILES string of the molecule is CCCCC1(C(C)(C)C)N=C(c2ccc(-c3nc(Nc4ccc(OCCN5CCCC5)cc4)ncc3C)s2)NO1. The van der Waals surface area contributed by atoms with Crippen LogP contribution in [0.15, 0.2) is 47.6 Å². The quantitative estimate of drug-likeness (QED) is 0.262. The number of nitrogens with zero attached hydrogens (tertiary/aromatic N) is 4. The van der Waals surface area contributed by atoms with Gasteiger partial charge in [-0.2, -0.15) is 0 Å². The minimum atomic E-state index is -0.571. The summed E-state index contributed by atoms with van der Waals surface area (Å²) in [7, 11) is 0. The van der Waals surface area contributed by atoms with Gasteiger partial charge in [0.05, 0.1) is 15.4 Å². The molecule has 0 amide bonds. The molecule has 0 spiro atoms. The molecule has 0 bridgehead atoms. The minimum absolute atomic E-state index is 0.126. The average molecular weight is 563 g/mol. The third-order valence-corrected chi connectivity index (χ3v) is 8.78. The number of amidine groups is 1. The van der Waals surface area contributed by atoms with Crippen molar-refractivity contribution < 1.29 is 9.57 Å². The van der Waals surface area contributed by atoms with Crippen molar-refractivity contribution in [1.29, 1.82) is 0 Å². The van der Waals surface area contributed by atoms with Crippen LogP contribution >= 0.6 is 11.3 Å². The topological polar surface area (TPSA) is 83.9 Å². The van der Waals surface area contributed by atoms with E-state index < -0.39 is 5.72 Å². The van der Waals surface area contributed by atoms with E-state index in [2.05, 4.69) is 60.5 Å². The number of hydroxylamine groups is 1. The number of anilines is 2. The first-order valence-corrected chi connectivity index (χ1v) is 15.3. The number of nitrogens with one attached hydrogen (secondary N) is 2. The zero-order valence-electron chi connectivity index (χ0n) is 24.4. The lowest BCUT2D eigenvalue weighted by atomic mass is 9.80. The summed E-state index contributed by atoms with van der Waals surface area (Å²) >= 11 is 1.65. The van der Waals surface area contributed by atoms with Gasteiger partial charge in [0.1, 0.15) is 12.4 Å². The van der Waals surface area contributed by atoms with Crippen LogP contribution in [0.5, 0.6) is 5.75 Å². The van der Waals surface area contributed by atoms with Crippen LogP contribution in [-0.4, -0.2) is 52.7 Å². The Labute approximate surface area is 242 Å². The van der Waals surface area contributed by atoms with Crippen molar-refractivity contribution in [3.8, 4) is 16.3 Å². The first-order chi connectivity index (χ1) is 19.3. The number of ether oxygens (including phenoxy) is 1. The van der Waals surface area contributed by atoms with E-state index in [1.54, 1.807) is 11.3 Å². The molecule has 4 heterocycles. The lowest BCUT2D eigenvalue weighted by molar-refractivity contribution is -0.127. The number of aliphatic imine (C=N–C) groups is 1. The predicted octanol–water partition coefficient (Wildman–Crippen LogP) is 6.95. The van der Waals surface area contributed by atoms with Gasteiger partial charge in [-0.15, -0.1) is 11.3 Å². The molecule has 1 fully saturated rings. The first kappa shape index (κ1) is 28.5. The Morgan fingerprint density at radius 2 is 1.85 bits per heavy atom. The van der Waals surface area contributed by atoms with Gasteiger partial charge >= 0.3 is 0 Å². The minimum Gasteiger partial charge on any atom is -0.492 e. The standard InChI is InChI=1S/C31H42N6O2S/c1-6-7-16-31(30(3,4)5)35-28(36-39-31)26-15-14-25(40-26)27-22(2)21-32-29(34-27)33-23-10-12-24(13-11-23)38-20-19-37-17-8-9-18-37/h10-15,21H,6-9,16-20H2,1-5H3,(H,35,36)(H,32,33,34). The zero-order chi connectivity index (χ0) is 28.2. The van der Waals surface area contributed by atoms with Gasteiger partial charge in [-0.3, -0.25) is 4.90 Å². The number of aryl methyl sites for hydroxylation is 1. The van der Waals surface area contributed by atoms with Gasteiger partial charge in [0.15, 0.2) is 11.6 Å². The van der Waals surface area contributed by atoms with Gasteiger partial charge < -0.3 is 10.1 Å². The summed E-state index contributed by atoms with van der Waals surface area (Å²) in [5.41, 5.74) is 5.28. The van der Waals surface area contributed by atoms with Crippen molar-refractivity contribution >= 4 is 28.8 Å². The highest BCUT2D eigenvalue weighted by Crippen LogP contribution is 2.42. The molecular formula is C31H42N6O2S. The Morgan fingerprint density at radius 3 is 2.58 bits per heavy atom. The van der Waals surface area contributed by atoms with Gasteiger partial charge in [-0.05, 0) is 87.7 Å². The molecule has 3 aromatic rings. The predicted molar refractivity (Wildman–Crippen MR) is 163 cm³/mol. The van der Waals surface area contributed by atoms with E-state index in [0.717, 1.165) is 64.1 Å². The highest BCUT2D eigenvalue weighted by molar-refractivity contribution is 7.17. The molecule has 1 saturated heterocycles. The highest BCUT2D eigenvalue weighted by Gasteiger charge is 2.47. The molecule has 2 aromatic heterocycles. The van der Waals surface area contributed by atoms with Gasteiger partial charge in [-0.25, -0.2) is 25.3 Å². The number of aromatic nitrogens is 2. The fourth-order valence-corrected chi connectivity index (χ4v) is 6.09. The number of hydrogen-bond donors (Lipinski definition) is 2. The fourth-order valence-electron chi connectivity index (χ4n) is 5.09. The summed E-state index contributed by atoms with van der Waals surface area (Å²) in [6.45, 7) is 14.9. The molecule has 2 aliphatic rings. The van der Waals surface area contributed by atoms with Crippen LogP contribution in [0.3, 0.4) is 0 Å². The Kier molecular flexibility index (Phi) is 8.73. The second-order valence-electron chi connectivity index (χ2n) is 11.7. The lowest BCUT2D eigenvalue weighted by Gasteiger charge is -2.36. The smallest absolute Gasteiger partial charge is 0.227 e. The number of benzene rings is 1. The van der Waals surface area contributed by atoms with E-state index in [1.807, 2.05) is 37.4 Å². The number of hydrogen-bond acceptors (Lipinski definition) is 9. The maximum atomic E-state index is 6.16. The molecule has 1 aromatic carbocycles. The van der Waals surface area contributed by atoms with Gasteiger partial charge in [0.2, 0.25) is 5.95 Å². The van der Waals surface area contributed by atoms with E-state index in [-0.39, 0.29) is 5.41 Å². The number of likely N-dealkylation sites (tertiary alicyclic amines) is 1. The summed E-state index contributed by atoms with van der Waals surface area (Å²) in [4.78, 5) is 25.2. The van der Waals surface area contributed by atoms with Gasteiger partial charge in [0, 0.05) is 23.8 Å². The van der Waals surface area contributed by atoms with Crippen LogP contribution in [-0.2, 0) is 4.84 Å². The van der Waals surface area contributed by atoms with Crippen molar-refractivity contribution in [2.24, 2.45) is 10.4 Å². The van der Waals surface area contributed by atoms with Gasteiger partial charge in [0.25, 0.3) is 0 Å². The van der Waals surface area contributed by atoms with E-state index >= 15 is 0 Å². The molecule has 214 valence electrons. The second kappa shape index (κ2) is 12.2. The van der Waals surface area contributed by atoms with Crippen molar-refractivity contribution in [2.75, 3.05) is 31.6 Å². The van der Waals surface area contributed by atoms with Crippen LogP contribution in [0.4, 0.5) is 11.6 Å². The summed E-state index contributed by atoms with van der Waals surface area (Å²) in [6, 6.07) is 12.2. The Morgan fingerprint density at radius 1 is 1.10 bits per heavy atom. The zero-order valence-corrected chi connectivity index (χ0v) is 25.2. The molecule has 1 atom stereocenters. The largest absolute Gasteiger partial charge is 0.492 e. The van der Waals surface area contributed by atoms with Crippen molar-refractivity contribution in [1.82, 2.24) is 20.3 Å². The molecular weight excluding hydrogens is 520 g/mol. The summed E-state index contributed by atoms with van der Waals surface area (Å²) in [6.07, 6.45) is 7.52. The third-order valence-electron chi connectivity index (χ3n) is 7.68. The fraction of sp³-hybridized carbons (Fsp3) is 0.516. The van der Waals surface area contributed by atoms with E-state index in [9.17, 15) is 0 Å². The Balaban J connectivity index is 1.26. The van der Waals surface area contributed by atoms with Crippen LogP contribution in [0.2, 0.25) is 0 Å². The van der Waals surface area contributed by atoms with Crippen LogP contribution in [0, 0.1) is 12.3 Å². The maximum absolute atomic E-state index is 6.16. The highest BCUT2D eigenvalue weighted by atomic mass is 32.1. The molecule has 40 heavy (non-hydrogen) atoms. The molecule has 9 heteroatoms.